The van der Waals surface area contributed by atoms with Gasteiger partial charge in [-0.25, -0.2) is 4.79 Å². The lowest BCUT2D eigenvalue weighted by molar-refractivity contribution is -0.385. The van der Waals surface area contributed by atoms with Crippen LogP contribution < -0.4 is 4.74 Å². The highest BCUT2D eigenvalue weighted by Crippen LogP contribution is 2.30. The molecule has 18 heavy (non-hydrogen) atoms. The molecule has 0 radical (unpaired) electrons. The van der Waals surface area contributed by atoms with Gasteiger partial charge >= 0.3 is 17.6 Å². The third-order valence-corrected chi connectivity index (χ3v) is 2.16. The Morgan fingerprint density at radius 3 is 2.39 bits per heavy atom. The number of methoxy groups -OCH3 is 1. The largest absolute Gasteiger partial charge is 0.465 e. The standard InChI is InChI=1S/C11H11NO6/c1-6-4-9(12(15)16)10(18-7(2)13)5-8(6)11(14)17-3/h4-5H,1-3H3. The van der Waals surface area contributed by atoms with E-state index in [2.05, 4.69) is 4.74 Å². The molecule has 0 heterocycles. The SMILES string of the molecule is COC(=O)c1cc(OC(C)=O)c([N+](=O)[O-])cc1C. The summed E-state index contributed by atoms with van der Waals surface area (Å²) < 4.78 is 9.24. The maximum Gasteiger partial charge on any atom is 0.338 e. The maximum absolute atomic E-state index is 11.4. The Morgan fingerprint density at radius 2 is 1.94 bits per heavy atom. The monoisotopic (exact) mass is 253 g/mol. The molecule has 0 aliphatic heterocycles. The van der Waals surface area contributed by atoms with Crippen molar-refractivity contribution in [2.24, 2.45) is 0 Å². The number of carbonyl (C=O) groups excluding carboxylic acids is 2. The van der Waals surface area contributed by atoms with E-state index >= 15 is 0 Å². The molecule has 1 aromatic rings. The summed E-state index contributed by atoms with van der Waals surface area (Å²) >= 11 is 0. The van der Waals surface area contributed by atoms with Gasteiger partial charge in [0.2, 0.25) is 5.75 Å². The van der Waals surface area contributed by atoms with E-state index in [0.717, 1.165) is 19.1 Å². The summed E-state index contributed by atoms with van der Waals surface area (Å²) in [6, 6.07) is 2.28. The summed E-state index contributed by atoms with van der Waals surface area (Å²) in [5.74, 6) is -1.65. The molecule has 0 saturated carbocycles. The number of aryl methyl sites for hydroxylation is 1. The van der Waals surface area contributed by atoms with Crippen LogP contribution in [0.25, 0.3) is 0 Å². The first-order chi connectivity index (χ1) is 8.36. The van der Waals surface area contributed by atoms with Crippen molar-refractivity contribution in [3.63, 3.8) is 0 Å². The van der Waals surface area contributed by atoms with Gasteiger partial charge in [0.05, 0.1) is 17.6 Å². The van der Waals surface area contributed by atoms with E-state index in [-0.39, 0.29) is 17.0 Å². The smallest absolute Gasteiger partial charge is 0.338 e. The number of nitro groups is 1. The predicted octanol–water partition coefficient (Wildman–Crippen LogP) is 1.62. The number of rotatable bonds is 3. The van der Waals surface area contributed by atoms with E-state index in [9.17, 15) is 19.7 Å². The topological polar surface area (TPSA) is 95.7 Å². The van der Waals surface area contributed by atoms with Crippen LogP contribution in [0.2, 0.25) is 0 Å². The van der Waals surface area contributed by atoms with Crippen molar-refractivity contribution in [2.45, 2.75) is 13.8 Å². The minimum absolute atomic E-state index is 0.111. The molecule has 0 atom stereocenters. The van der Waals surface area contributed by atoms with Gasteiger partial charge in [0, 0.05) is 19.1 Å². The predicted molar refractivity (Wildman–Crippen MR) is 60.5 cm³/mol. The molecule has 96 valence electrons. The molecular formula is C11H11NO6. The Balaban J connectivity index is 3.39. The number of hydrogen-bond donors (Lipinski definition) is 0. The van der Waals surface area contributed by atoms with Gasteiger partial charge in [0.15, 0.2) is 0 Å². The lowest BCUT2D eigenvalue weighted by Gasteiger charge is -2.07. The van der Waals surface area contributed by atoms with Gasteiger partial charge in [-0.2, -0.15) is 0 Å². The van der Waals surface area contributed by atoms with Gasteiger partial charge in [0.1, 0.15) is 0 Å². The third kappa shape index (κ3) is 2.82. The Bertz CT molecular complexity index is 523. The van der Waals surface area contributed by atoms with Gasteiger partial charge in [-0.1, -0.05) is 0 Å². The van der Waals surface area contributed by atoms with Crippen LogP contribution in [0, 0.1) is 17.0 Å². The van der Waals surface area contributed by atoms with Gasteiger partial charge in [-0.3, -0.25) is 14.9 Å². The van der Waals surface area contributed by atoms with Crippen molar-refractivity contribution in [1.29, 1.82) is 0 Å². The maximum atomic E-state index is 11.4. The van der Waals surface area contributed by atoms with Crippen molar-refractivity contribution >= 4 is 17.6 Å². The first-order valence-corrected chi connectivity index (χ1v) is 4.92. The molecule has 0 N–H and O–H groups in total. The fraction of sp³-hybridized carbons (Fsp3) is 0.273. The minimum atomic E-state index is -0.710. The Morgan fingerprint density at radius 1 is 1.33 bits per heavy atom. The van der Waals surface area contributed by atoms with Gasteiger partial charge in [-0.05, 0) is 12.5 Å². The summed E-state index contributed by atoms with van der Waals surface area (Å²) in [5, 5.41) is 10.8. The van der Waals surface area contributed by atoms with E-state index < -0.39 is 16.9 Å². The van der Waals surface area contributed by atoms with E-state index in [4.69, 9.17) is 4.74 Å². The molecule has 1 aromatic carbocycles. The molecule has 0 saturated heterocycles. The van der Waals surface area contributed by atoms with Crippen LogP contribution in [-0.4, -0.2) is 24.0 Å². The number of hydrogen-bond acceptors (Lipinski definition) is 6. The highest BCUT2D eigenvalue weighted by molar-refractivity contribution is 5.92. The number of ether oxygens (including phenoxy) is 2. The normalized spacial score (nSPS) is 9.72. The van der Waals surface area contributed by atoms with Gasteiger partial charge < -0.3 is 9.47 Å². The quantitative estimate of drug-likeness (QED) is 0.351. The Labute approximate surface area is 102 Å². The molecule has 0 spiro atoms. The molecular weight excluding hydrogens is 242 g/mol. The first-order valence-electron chi connectivity index (χ1n) is 4.92. The lowest BCUT2D eigenvalue weighted by atomic mass is 10.1. The molecule has 0 unspecified atom stereocenters. The second-order valence-electron chi connectivity index (χ2n) is 3.48. The van der Waals surface area contributed by atoms with Crippen LogP contribution in [0.15, 0.2) is 12.1 Å². The molecule has 0 aliphatic carbocycles. The molecule has 7 nitrogen and oxygen atoms in total. The number of nitro benzene ring substituents is 1. The van der Waals surface area contributed by atoms with Crippen LogP contribution in [-0.2, 0) is 9.53 Å². The van der Waals surface area contributed by atoms with Crippen molar-refractivity contribution in [3.8, 4) is 5.75 Å². The number of carbonyl (C=O) groups is 2. The average molecular weight is 253 g/mol. The molecule has 0 aromatic heterocycles. The average Bonchev–Trinajstić information content (AvgIpc) is 2.29. The number of benzene rings is 1. The molecule has 0 bridgehead atoms. The molecule has 7 heteroatoms. The number of nitrogens with zero attached hydrogens (tertiary/aromatic N) is 1. The molecule has 0 amide bonds. The zero-order valence-electron chi connectivity index (χ0n) is 10.1. The van der Waals surface area contributed by atoms with E-state index in [1.165, 1.54) is 14.0 Å². The molecule has 0 aliphatic rings. The van der Waals surface area contributed by atoms with Crippen molar-refractivity contribution in [3.05, 3.63) is 33.4 Å². The lowest BCUT2D eigenvalue weighted by Crippen LogP contribution is -2.09. The summed E-state index contributed by atoms with van der Waals surface area (Å²) in [4.78, 5) is 32.4. The van der Waals surface area contributed by atoms with Crippen LogP contribution in [0.3, 0.4) is 0 Å². The summed E-state index contributed by atoms with van der Waals surface area (Å²) in [7, 11) is 1.19. The first kappa shape index (κ1) is 13.6. The van der Waals surface area contributed by atoms with E-state index in [1.54, 1.807) is 0 Å². The van der Waals surface area contributed by atoms with E-state index in [1.807, 2.05) is 0 Å². The summed E-state index contributed by atoms with van der Waals surface area (Å²) in [5.41, 5.74) is 0.0964. The number of esters is 2. The second kappa shape index (κ2) is 5.26. The van der Waals surface area contributed by atoms with Crippen molar-refractivity contribution in [2.75, 3.05) is 7.11 Å². The Hall–Kier alpha value is -2.44. The van der Waals surface area contributed by atoms with Crippen molar-refractivity contribution < 1.29 is 24.0 Å². The van der Waals surface area contributed by atoms with Crippen LogP contribution in [0.4, 0.5) is 5.69 Å². The van der Waals surface area contributed by atoms with Crippen LogP contribution in [0.5, 0.6) is 5.75 Å². The fourth-order valence-electron chi connectivity index (χ4n) is 1.38. The van der Waals surface area contributed by atoms with Crippen LogP contribution >= 0.6 is 0 Å². The zero-order valence-corrected chi connectivity index (χ0v) is 10.1. The third-order valence-electron chi connectivity index (χ3n) is 2.16. The molecule has 0 fully saturated rings. The van der Waals surface area contributed by atoms with Gasteiger partial charge in [-0.15, -0.1) is 0 Å². The fourth-order valence-corrected chi connectivity index (χ4v) is 1.38. The summed E-state index contributed by atoms with van der Waals surface area (Å²) in [6.45, 7) is 2.64. The Kier molecular flexibility index (Phi) is 3.98. The minimum Gasteiger partial charge on any atom is -0.465 e. The summed E-state index contributed by atoms with van der Waals surface area (Å²) in [6.07, 6.45) is 0. The second-order valence-corrected chi connectivity index (χ2v) is 3.48. The highest BCUT2D eigenvalue weighted by Gasteiger charge is 2.22. The van der Waals surface area contributed by atoms with Crippen LogP contribution in [0.1, 0.15) is 22.8 Å². The van der Waals surface area contributed by atoms with Gasteiger partial charge in [0.25, 0.3) is 0 Å². The van der Waals surface area contributed by atoms with Crippen molar-refractivity contribution in [1.82, 2.24) is 0 Å². The zero-order chi connectivity index (χ0) is 13.9. The van der Waals surface area contributed by atoms with E-state index in [0.29, 0.717) is 5.56 Å². The molecule has 1 rings (SSSR count). The highest BCUT2D eigenvalue weighted by atomic mass is 16.6.